The van der Waals surface area contributed by atoms with Gasteiger partial charge in [0.25, 0.3) is 0 Å². The van der Waals surface area contributed by atoms with E-state index in [1.807, 2.05) is 0 Å². The van der Waals surface area contributed by atoms with Crippen LogP contribution in [0.5, 0.6) is 0 Å². The van der Waals surface area contributed by atoms with Crippen LogP contribution in [-0.2, 0) is 0 Å². The molecule has 4 aliphatic rings. The lowest BCUT2D eigenvalue weighted by atomic mass is 9.66. The fourth-order valence-electron chi connectivity index (χ4n) is 4.91. The van der Waals surface area contributed by atoms with Gasteiger partial charge in [-0.1, -0.05) is 48.6 Å². The number of hydrogen-bond donors (Lipinski definition) is 0. The van der Waals surface area contributed by atoms with E-state index in [4.69, 9.17) is 0 Å². The Morgan fingerprint density at radius 2 is 0.882 bits per heavy atom. The zero-order valence-corrected chi connectivity index (χ0v) is 11.3. The Labute approximate surface area is 105 Å². The Balaban J connectivity index is 1.86. The molecule has 17 heavy (non-hydrogen) atoms. The fraction of sp³-hybridized carbons (Fsp3) is 0.500. The Morgan fingerprint density at radius 3 is 1.18 bits per heavy atom. The second-order valence-corrected chi connectivity index (χ2v) is 10.3. The predicted octanol–water partition coefficient (Wildman–Crippen LogP) is 3.53. The molecule has 2 fully saturated rings. The molecule has 4 rings (SSSR count). The highest BCUT2D eigenvalue weighted by molar-refractivity contribution is 8.34. The molecule has 0 amide bonds. The first kappa shape index (κ1) is 10.3. The summed E-state index contributed by atoms with van der Waals surface area (Å²) in [5.74, 6) is 3.31. The van der Waals surface area contributed by atoms with Gasteiger partial charge in [-0.3, -0.25) is 0 Å². The van der Waals surface area contributed by atoms with Crippen molar-refractivity contribution in [2.45, 2.75) is 10.5 Å². The van der Waals surface area contributed by atoms with Crippen LogP contribution < -0.4 is 0 Å². The van der Waals surface area contributed by atoms with Gasteiger partial charge in [0.15, 0.2) is 0 Å². The molecule has 0 nitrogen and oxygen atoms in total. The lowest BCUT2D eigenvalue weighted by Gasteiger charge is -2.37. The van der Waals surface area contributed by atoms with Crippen LogP contribution in [0.25, 0.3) is 0 Å². The van der Waals surface area contributed by atoms with E-state index in [9.17, 15) is 0 Å². The standard InChI is InChI=1S/C16H20S/c1-17(2)15-11-7-3-4-8-12(11)16(17)14-10-6-5-9-13(14)15/h3-16H,1-2H3. The first-order valence-electron chi connectivity index (χ1n) is 6.62. The molecule has 2 bridgehead atoms. The third kappa shape index (κ3) is 1.12. The van der Waals surface area contributed by atoms with Gasteiger partial charge >= 0.3 is 0 Å². The molecule has 1 heteroatoms. The van der Waals surface area contributed by atoms with Crippen LogP contribution >= 0.6 is 10.0 Å². The third-order valence-corrected chi connectivity index (χ3v) is 9.43. The monoisotopic (exact) mass is 244 g/mol. The Hall–Kier alpha value is -0.690. The van der Waals surface area contributed by atoms with Crippen LogP contribution in [0.1, 0.15) is 0 Å². The summed E-state index contributed by atoms with van der Waals surface area (Å²) < 4.78 is 0. The Bertz CT molecular complexity index is 388. The van der Waals surface area contributed by atoms with Crippen LogP contribution in [0.4, 0.5) is 0 Å². The van der Waals surface area contributed by atoms with Crippen molar-refractivity contribution >= 4 is 10.0 Å². The van der Waals surface area contributed by atoms with E-state index in [-0.39, 0.29) is 0 Å². The highest BCUT2D eigenvalue weighted by Crippen LogP contribution is 2.75. The SMILES string of the molecule is CS1(C)C2C3C=CC=CC3C1C1C=CC=CC12. The van der Waals surface area contributed by atoms with Crippen molar-refractivity contribution < 1.29 is 0 Å². The van der Waals surface area contributed by atoms with Gasteiger partial charge in [-0.15, -0.1) is 0 Å². The van der Waals surface area contributed by atoms with E-state index in [2.05, 4.69) is 61.1 Å². The second kappa shape index (κ2) is 3.20. The number of fused-ring (bicyclic) bond motifs is 8. The molecule has 90 valence electrons. The molecule has 0 aromatic rings. The van der Waals surface area contributed by atoms with Gasteiger partial charge in [0.1, 0.15) is 0 Å². The molecular weight excluding hydrogens is 224 g/mol. The normalized spacial score (nSPS) is 53.5. The molecule has 0 radical (unpaired) electrons. The van der Waals surface area contributed by atoms with Gasteiger partial charge in [0.2, 0.25) is 0 Å². The van der Waals surface area contributed by atoms with E-state index in [0.717, 1.165) is 34.2 Å². The average molecular weight is 244 g/mol. The minimum atomic E-state index is -0.463. The summed E-state index contributed by atoms with van der Waals surface area (Å²) in [6.07, 6.45) is 24.2. The smallest absolute Gasteiger partial charge is 0.00243 e. The van der Waals surface area contributed by atoms with Crippen molar-refractivity contribution in [3.05, 3.63) is 48.6 Å². The van der Waals surface area contributed by atoms with Crippen molar-refractivity contribution in [3.63, 3.8) is 0 Å². The minimum Gasteiger partial charge on any atom is -0.239 e. The summed E-state index contributed by atoms with van der Waals surface area (Å²) in [5.41, 5.74) is 0. The van der Waals surface area contributed by atoms with Gasteiger partial charge in [0, 0.05) is 10.5 Å². The van der Waals surface area contributed by atoms with Crippen LogP contribution in [-0.4, -0.2) is 23.0 Å². The largest absolute Gasteiger partial charge is 0.239 e. The second-order valence-electron chi connectivity index (χ2n) is 6.27. The summed E-state index contributed by atoms with van der Waals surface area (Å²) in [4.78, 5) is 0. The fourth-order valence-corrected chi connectivity index (χ4v) is 9.60. The molecule has 2 saturated heterocycles. The lowest BCUT2D eigenvalue weighted by Crippen LogP contribution is -2.37. The lowest BCUT2D eigenvalue weighted by molar-refractivity contribution is 0.285. The summed E-state index contributed by atoms with van der Waals surface area (Å²) in [6, 6.07) is 0. The molecular formula is C16H20S. The van der Waals surface area contributed by atoms with Gasteiger partial charge in [-0.25, -0.2) is 10.0 Å². The van der Waals surface area contributed by atoms with Crippen LogP contribution in [0.2, 0.25) is 0 Å². The summed E-state index contributed by atoms with van der Waals surface area (Å²) in [7, 11) is -0.463. The van der Waals surface area contributed by atoms with Crippen LogP contribution in [0.3, 0.4) is 0 Å². The summed E-state index contributed by atoms with van der Waals surface area (Å²) >= 11 is 0. The number of rotatable bonds is 0. The molecule has 0 N–H and O–H groups in total. The topological polar surface area (TPSA) is 0 Å². The van der Waals surface area contributed by atoms with Gasteiger partial charge < -0.3 is 0 Å². The molecule has 0 aromatic heterocycles. The summed E-state index contributed by atoms with van der Waals surface area (Å²) in [6.45, 7) is 0. The highest BCUT2D eigenvalue weighted by Gasteiger charge is 2.62. The predicted molar refractivity (Wildman–Crippen MR) is 77.5 cm³/mol. The zero-order valence-electron chi connectivity index (χ0n) is 10.5. The molecule has 0 saturated carbocycles. The van der Waals surface area contributed by atoms with E-state index in [1.165, 1.54) is 0 Å². The molecule has 2 aliphatic heterocycles. The maximum absolute atomic E-state index is 2.59. The molecule has 2 aliphatic carbocycles. The third-order valence-electron chi connectivity index (χ3n) is 5.36. The van der Waals surface area contributed by atoms with Crippen molar-refractivity contribution in [2.24, 2.45) is 23.7 Å². The van der Waals surface area contributed by atoms with E-state index in [1.54, 1.807) is 0 Å². The minimum absolute atomic E-state index is 0.463. The first-order chi connectivity index (χ1) is 8.21. The van der Waals surface area contributed by atoms with Crippen LogP contribution in [0, 0.1) is 23.7 Å². The van der Waals surface area contributed by atoms with E-state index in [0.29, 0.717) is 0 Å². The summed E-state index contributed by atoms with van der Waals surface area (Å²) in [5, 5.41) is 1.84. The van der Waals surface area contributed by atoms with E-state index < -0.39 is 10.0 Å². The van der Waals surface area contributed by atoms with Gasteiger partial charge in [0.05, 0.1) is 0 Å². The number of allylic oxidation sites excluding steroid dienone is 8. The van der Waals surface area contributed by atoms with Crippen molar-refractivity contribution in [3.8, 4) is 0 Å². The van der Waals surface area contributed by atoms with Gasteiger partial charge in [-0.2, -0.15) is 0 Å². The molecule has 4 atom stereocenters. The molecule has 0 spiro atoms. The van der Waals surface area contributed by atoms with Gasteiger partial charge in [-0.05, 0) is 36.2 Å². The van der Waals surface area contributed by atoms with Crippen molar-refractivity contribution in [1.29, 1.82) is 0 Å². The van der Waals surface area contributed by atoms with Crippen LogP contribution in [0.15, 0.2) is 48.6 Å². The van der Waals surface area contributed by atoms with Crippen molar-refractivity contribution in [2.75, 3.05) is 12.5 Å². The number of hydrogen-bond acceptors (Lipinski definition) is 0. The quantitative estimate of drug-likeness (QED) is 0.611. The zero-order chi connectivity index (χ0) is 11.6. The maximum Gasteiger partial charge on any atom is 0.00243 e. The maximum atomic E-state index is 2.59. The average Bonchev–Trinajstić information content (AvgIpc) is 2.71. The highest BCUT2D eigenvalue weighted by atomic mass is 32.3. The Morgan fingerprint density at radius 1 is 0.588 bits per heavy atom. The molecule has 4 unspecified atom stereocenters. The Kier molecular flexibility index (Phi) is 1.93. The molecule has 0 aromatic carbocycles. The molecule has 2 heterocycles. The van der Waals surface area contributed by atoms with Crippen molar-refractivity contribution in [1.82, 2.24) is 0 Å². The first-order valence-corrected chi connectivity index (χ1v) is 9.20. The van der Waals surface area contributed by atoms with E-state index >= 15 is 0 Å².